The summed E-state index contributed by atoms with van der Waals surface area (Å²) in [7, 11) is 0. The van der Waals surface area contributed by atoms with Crippen molar-refractivity contribution in [3.8, 4) is 11.5 Å². The molecule has 0 aliphatic rings. The Kier molecular flexibility index (Phi) is 7.29. The van der Waals surface area contributed by atoms with E-state index in [1.165, 1.54) is 0 Å². The number of aryl methyl sites for hydroxylation is 1. The molecule has 2 aromatic rings. The first-order valence-corrected chi connectivity index (χ1v) is 8.92. The van der Waals surface area contributed by atoms with Crippen LogP contribution in [0.25, 0.3) is 0 Å². The quantitative estimate of drug-likeness (QED) is 0.674. The predicted octanol–water partition coefficient (Wildman–Crippen LogP) is 3.40. The number of carbonyl (C=O) groups excluding carboxylic acids is 2. The number of amides is 2. The van der Waals surface area contributed by atoms with Gasteiger partial charge in [0.2, 0.25) is 0 Å². The summed E-state index contributed by atoms with van der Waals surface area (Å²) in [5.74, 6) is -0.103. The molecule has 2 rings (SSSR count). The van der Waals surface area contributed by atoms with Crippen LogP contribution in [0.1, 0.15) is 12.5 Å². The van der Waals surface area contributed by atoms with Crippen LogP contribution in [0.15, 0.2) is 46.9 Å². The van der Waals surface area contributed by atoms with Crippen molar-refractivity contribution < 1.29 is 19.1 Å². The molecule has 0 bridgehead atoms. The lowest BCUT2D eigenvalue weighted by Gasteiger charge is -2.16. The highest BCUT2D eigenvalue weighted by Gasteiger charge is 2.16. The van der Waals surface area contributed by atoms with Crippen LogP contribution in [0.5, 0.6) is 11.5 Å². The van der Waals surface area contributed by atoms with Gasteiger partial charge in [-0.05, 0) is 59.6 Å². The van der Waals surface area contributed by atoms with E-state index in [1.54, 1.807) is 37.3 Å². The van der Waals surface area contributed by atoms with Crippen LogP contribution in [0.2, 0.25) is 5.02 Å². The zero-order chi connectivity index (χ0) is 19.1. The second-order valence-electron chi connectivity index (χ2n) is 5.45. The largest absolute Gasteiger partial charge is 0.483 e. The summed E-state index contributed by atoms with van der Waals surface area (Å²) in [4.78, 5) is 23.8. The molecule has 2 amide bonds. The minimum atomic E-state index is -0.845. The van der Waals surface area contributed by atoms with Crippen molar-refractivity contribution in [3.05, 3.63) is 57.5 Å². The number of hydrogen-bond acceptors (Lipinski definition) is 4. The fourth-order valence-electron chi connectivity index (χ4n) is 1.92. The molecule has 138 valence electrons. The third kappa shape index (κ3) is 5.93. The van der Waals surface area contributed by atoms with Crippen LogP contribution >= 0.6 is 27.5 Å². The van der Waals surface area contributed by atoms with Gasteiger partial charge in [-0.1, -0.05) is 29.8 Å². The number of rotatable bonds is 6. The maximum Gasteiger partial charge on any atom is 0.279 e. The average molecular weight is 442 g/mol. The van der Waals surface area contributed by atoms with Gasteiger partial charge in [-0.15, -0.1) is 0 Å². The summed E-state index contributed by atoms with van der Waals surface area (Å²) < 4.78 is 11.6. The van der Waals surface area contributed by atoms with Crippen LogP contribution < -0.4 is 20.3 Å². The van der Waals surface area contributed by atoms with E-state index in [0.717, 1.165) is 10.0 Å². The average Bonchev–Trinajstić information content (AvgIpc) is 2.60. The number of halogens is 2. The Morgan fingerprint density at radius 1 is 1.15 bits per heavy atom. The van der Waals surface area contributed by atoms with E-state index < -0.39 is 17.9 Å². The first-order valence-electron chi connectivity index (χ1n) is 7.75. The van der Waals surface area contributed by atoms with Gasteiger partial charge >= 0.3 is 0 Å². The lowest BCUT2D eigenvalue weighted by molar-refractivity contribution is -0.133. The highest BCUT2D eigenvalue weighted by atomic mass is 79.9. The van der Waals surface area contributed by atoms with Crippen molar-refractivity contribution in [1.82, 2.24) is 10.9 Å². The van der Waals surface area contributed by atoms with Crippen molar-refractivity contribution in [3.63, 3.8) is 0 Å². The van der Waals surface area contributed by atoms with Crippen LogP contribution in [0, 0.1) is 6.92 Å². The summed E-state index contributed by atoms with van der Waals surface area (Å²) >= 11 is 9.34. The van der Waals surface area contributed by atoms with Gasteiger partial charge in [0.1, 0.15) is 11.5 Å². The molecule has 0 fully saturated rings. The van der Waals surface area contributed by atoms with E-state index in [1.807, 2.05) is 19.1 Å². The normalized spacial score (nSPS) is 11.4. The van der Waals surface area contributed by atoms with Gasteiger partial charge in [0.25, 0.3) is 11.8 Å². The van der Waals surface area contributed by atoms with Crippen LogP contribution in [-0.4, -0.2) is 24.5 Å². The fourth-order valence-corrected chi connectivity index (χ4v) is 2.71. The van der Waals surface area contributed by atoms with Crippen molar-refractivity contribution in [1.29, 1.82) is 0 Å². The number of ether oxygens (including phenoxy) is 2. The SMILES string of the molecule is Cc1ccc(OCC(=O)NNC(=O)C(C)Oc2ccccc2Cl)c(Br)c1. The molecule has 2 N–H and O–H groups in total. The summed E-state index contributed by atoms with van der Waals surface area (Å²) in [5, 5.41) is 0.397. The zero-order valence-electron chi connectivity index (χ0n) is 14.2. The van der Waals surface area contributed by atoms with E-state index >= 15 is 0 Å². The standard InChI is InChI=1S/C18H18BrClN2O4/c1-11-7-8-15(13(19)9-11)25-10-17(23)21-22-18(24)12(2)26-16-6-4-3-5-14(16)20/h3-9,12H,10H2,1-2H3,(H,21,23)(H,22,24). The molecule has 0 saturated heterocycles. The number of carbonyl (C=O) groups is 2. The van der Waals surface area contributed by atoms with E-state index in [2.05, 4.69) is 26.8 Å². The lowest BCUT2D eigenvalue weighted by atomic mass is 10.2. The van der Waals surface area contributed by atoms with Gasteiger partial charge < -0.3 is 9.47 Å². The van der Waals surface area contributed by atoms with E-state index in [4.69, 9.17) is 21.1 Å². The zero-order valence-corrected chi connectivity index (χ0v) is 16.6. The van der Waals surface area contributed by atoms with Crippen molar-refractivity contribution in [2.75, 3.05) is 6.61 Å². The minimum Gasteiger partial charge on any atom is -0.483 e. The van der Waals surface area contributed by atoms with Gasteiger partial charge in [-0.3, -0.25) is 20.4 Å². The predicted molar refractivity (Wildman–Crippen MR) is 102 cm³/mol. The van der Waals surface area contributed by atoms with Crippen LogP contribution in [0.4, 0.5) is 0 Å². The molecule has 26 heavy (non-hydrogen) atoms. The third-order valence-electron chi connectivity index (χ3n) is 3.28. The molecule has 0 heterocycles. The first-order chi connectivity index (χ1) is 12.4. The second-order valence-corrected chi connectivity index (χ2v) is 6.71. The van der Waals surface area contributed by atoms with Crippen molar-refractivity contribution in [2.45, 2.75) is 20.0 Å². The molecule has 2 aromatic carbocycles. The third-order valence-corrected chi connectivity index (χ3v) is 4.21. The van der Waals surface area contributed by atoms with Crippen molar-refractivity contribution in [2.24, 2.45) is 0 Å². The smallest absolute Gasteiger partial charge is 0.279 e. The van der Waals surface area contributed by atoms with Gasteiger partial charge in [0, 0.05) is 0 Å². The summed E-state index contributed by atoms with van der Waals surface area (Å²) in [6.07, 6.45) is -0.845. The molecule has 0 aliphatic carbocycles. The molecule has 1 unspecified atom stereocenters. The first kappa shape index (κ1) is 20.1. The highest BCUT2D eigenvalue weighted by molar-refractivity contribution is 9.10. The Hall–Kier alpha value is -2.25. The van der Waals surface area contributed by atoms with E-state index in [9.17, 15) is 9.59 Å². The summed E-state index contributed by atoms with van der Waals surface area (Å²) in [6.45, 7) is 3.25. The Bertz CT molecular complexity index is 801. The van der Waals surface area contributed by atoms with Gasteiger partial charge in [0.15, 0.2) is 12.7 Å². The molecular weight excluding hydrogens is 424 g/mol. The number of para-hydroxylation sites is 1. The van der Waals surface area contributed by atoms with Crippen LogP contribution in [0.3, 0.4) is 0 Å². The van der Waals surface area contributed by atoms with E-state index in [-0.39, 0.29) is 6.61 Å². The maximum atomic E-state index is 12.0. The molecule has 8 heteroatoms. The van der Waals surface area contributed by atoms with Gasteiger partial charge in [-0.25, -0.2) is 0 Å². The van der Waals surface area contributed by atoms with Crippen LogP contribution in [-0.2, 0) is 9.59 Å². The number of hydrogen-bond donors (Lipinski definition) is 2. The lowest BCUT2D eigenvalue weighted by Crippen LogP contribution is -2.48. The monoisotopic (exact) mass is 440 g/mol. The Morgan fingerprint density at radius 2 is 1.88 bits per heavy atom. The number of nitrogens with one attached hydrogen (secondary N) is 2. The van der Waals surface area contributed by atoms with E-state index in [0.29, 0.717) is 16.5 Å². The molecule has 0 spiro atoms. The van der Waals surface area contributed by atoms with Gasteiger partial charge in [-0.2, -0.15) is 0 Å². The molecular formula is C18H18BrClN2O4. The Balaban J connectivity index is 1.77. The summed E-state index contributed by atoms with van der Waals surface area (Å²) in [6, 6.07) is 12.3. The summed E-state index contributed by atoms with van der Waals surface area (Å²) in [5.41, 5.74) is 5.62. The van der Waals surface area contributed by atoms with Crippen molar-refractivity contribution >= 4 is 39.3 Å². The number of benzene rings is 2. The molecule has 0 saturated carbocycles. The fraction of sp³-hybridized carbons (Fsp3) is 0.222. The highest BCUT2D eigenvalue weighted by Crippen LogP contribution is 2.25. The topological polar surface area (TPSA) is 76.7 Å². The molecule has 6 nitrogen and oxygen atoms in total. The van der Waals surface area contributed by atoms with Gasteiger partial charge in [0.05, 0.1) is 9.50 Å². The second kappa shape index (κ2) is 9.45. The Labute approximate surface area is 164 Å². The number of hydrazine groups is 1. The molecule has 0 aliphatic heterocycles. The Morgan fingerprint density at radius 3 is 2.58 bits per heavy atom. The molecule has 0 aromatic heterocycles. The molecule has 0 radical (unpaired) electrons. The minimum absolute atomic E-state index is 0.248. The molecule has 1 atom stereocenters. The maximum absolute atomic E-state index is 12.0.